The number of aldehydes is 1. The van der Waals surface area contributed by atoms with Gasteiger partial charge >= 0.3 is 0 Å². The van der Waals surface area contributed by atoms with Crippen LogP contribution in [0.15, 0.2) is 30.3 Å². The van der Waals surface area contributed by atoms with E-state index in [1.54, 1.807) is 6.07 Å². The second kappa shape index (κ2) is 3.46. The minimum Gasteiger partial charge on any atom is -0.298 e. The smallest absolute Gasteiger partial charge is 0.150 e. The number of carbonyl (C=O) groups excluding carboxylic acids is 1. The van der Waals surface area contributed by atoms with Gasteiger partial charge in [-0.1, -0.05) is 24.3 Å². The number of aryl methyl sites for hydroxylation is 1. The number of aromatic amines is 1. The van der Waals surface area contributed by atoms with Crippen LogP contribution in [0.3, 0.4) is 0 Å². The van der Waals surface area contributed by atoms with Gasteiger partial charge in [-0.3, -0.25) is 9.89 Å². The van der Waals surface area contributed by atoms with E-state index in [9.17, 15) is 4.79 Å². The molecule has 0 spiro atoms. The summed E-state index contributed by atoms with van der Waals surface area (Å²) in [4.78, 5) is 10.8. The number of rotatable bonds is 2. The summed E-state index contributed by atoms with van der Waals surface area (Å²) in [6.07, 6.45) is 0.847. The Morgan fingerprint density at radius 2 is 2.14 bits per heavy atom. The zero-order chi connectivity index (χ0) is 9.97. The summed E-state index contributed by atoms with van der Waals surface area (Å²) >= 11 is 0. The molecule has 1 N–H and O–H groups in total. The molecule has 1 aromatic carbocycles. The predicted molar refractivity (Wildman–Crippen MR) is 54.1 cm³/mol. The van der Waals surface area contributed by atoms with Crippen LogP contribution >= 0.6 is 0 Å². The van der Waals surface area contributed by atoms with Crippen LogP contribution in [0, 0.1) is 6.92 Å². The number of hydrogen-bond acceptors (Lipinski definition) is 2. The molecule has 0 saturated heterocycles. The van der Waals surface area contributed by atoms with Gasteiger partial charge in [0, 0.05) is 16.8 Å². The molecule has 0 fully saturated rings. The Bertz CT molecular complexity index is 460. The monoisotopic (exact) mass is 186 g/mol. The third-order valence-electron chi connectivity index (χ3n) is 2.07. The van der Waals surface area contributed by atoms with Gasteiger partial charge in [-0.2, -0.15) is 5.10 Å². The molecule has 1 aromatic heterocycles. The molecular weight excluding hydrogens is 176 g/mol. The van der Waals surface area contributed by atoms with E-state index in [1.165, 1.54) is 0 Å². The lowest BCUT2D eigenvalue weighted by Crippen LogP contribution is -1.86. The quantitative estimate of drug-likeness (QED) is 0.731. The first kappa shape index (κ1) is 8.69. The number of nitrogens with one attached hydrogen (secondary N) is 1. The first-order valence-electron chi connectivity index (χ1n) is 4.38. The van der Waals surface area contributed by atoms with Gasteiger partial charge in [0.1, 0.15) is 0 Å². The highest BCUT2D eigenvalue weighted by atomic mass is 16.1. The topological polar surface area (TPSA) is 45.8 Å². The van der Waals surface area contributed by atoms with Gasteiger partial charge in [-0.25, -0.2) is 0 Å². The molecule has 0 unspecified atom stereocenters. The number of nitrogens with zero attached hydrogens (tertiary/aromatic N) is 1. The maximum absolute atomic E-state index is 10.8. The fourth-order valence-corrected chi connectivity index (χ4v) is 1.39. The molecule has 0 saturated carbocycles. The Kier molecular flexibility index (Phi) is 2.14. The zero-order valence-electron chi connectivity index (χ0n) is 7.82. The normalized spacial score (nSPS) is 10.1. The van der Waals surface area contributed by atoms with Crippen LogP contribution in [0.5, 0.6) is 0 Å². The predicted octanol–water partition coefficient (Wildman–Crippen LogP) is 2.20. The van der Waals surface area contributed by atoms with E-state index in [0.717, 1.165) is 23.2 Å². The Morgan fingerprint density at radius 1 is 1.36 bits per heavy atom. The molecule has 1 heterocycles. The summed E-state index contributed by atoms with van der Waals surface area (Å²) in [6, 6.07) is 9.33. The molecule has 0 aliphatic heterocycles. The van der Waals surface area contributed by atoms with Crippen molar-refractivity contribution in [2.75, 3.05) is 0 Å². The summed E-state index contributed by atoms with van der Waals surface area (Å²) in [7, 11) is 0. The molecule has 0 aliphatic carbocycles. The molecule has 3 heteroatoms. The molecule has 2 rings (SSSR count). The van der Waals surface area contributed by atoms with Crippen molar-refractivity contribution in [2.45, 2.75) is 6.92 Å². The lowest BCUT2D eigenvalue weighted by molar-refractivity contribution is 0.112. The second-order valence-electron chi connectivity index (χ2n) is 3.14. The molecule has 2 aromatic rings. The summed E-state index contributed by atoms with van der Waals surface area (Å²) in [5, 5.41) is 6.96. The minimum atomic E-state index is 0.666. The second-order valence-corrected chi connectivity index (χ2v) is 3.14. The van der Waals surface area contributed by atoms with E-state index in [4.69, 9.17) is 0 Å². The van der Waals surface area contributed by atoms with Crippen LogP contribution in [0.25, 0.3) is 11.3 Å². The third kappa shape index (κ3) is 1.44. The van der Waals surface area contributed by atoms with Gasteiger partial charge in [0.15, 0.2) is 6.29 Å². The van der Waals surface area contributed by atoms with Crippen molar-refractivity contribution in [3.8, 4) is 11.3 Å². The van der Waals surface area contributed by atoms with Crippen molar-refractivity contribution < 1.29 is 4.79 Å². The maximum atomic E-state index is 10.8. The lowest BCUT2D eigenvalue weighted by atomic mass is 10.1. The van der Waals surface area contributed by atoms with Crippen LogP contribution in [-0.2, 0) is 0 Å². The minimum absolute atomic E-state index is 0.666. The molecule has 0 aliphatic rings. The van der Waals surface area contributed by atoms with E-state index in [-0.39, 0.29) is 0 Å². The highest BCUT2D eigenvalue weighted by Gasteiger charge is 2.05. The molecule has 0 amide bonds. The molecule has 0 bridgehead atoms. The van der Waals surface area contributed by atoms with Crippen molar-refractivity contribution in [2.24, 2.45) is 0 Å². The number of H-pyrrole nitrogens is 1. The fraction of sp³-hybridized carbons (Fsp3) is 0.0909. The van der Waals surface area contributed by atoms with Crippen molar-refractivity contribution in [1.82, 2.24) is 10.2 Å². The molecule has 0 atom stereocenters. The van der Waals surface area contributed by atoms with E-state index in [0.29, 0.717) is 5.56 Å². The maximum Gasteiger partial charge on any atom is 0.150 e. The Hall–Kier alpha value is -1.90. The number of carbonyl (C=O) groups is 1. The van der Waals surface area contributed by atoms with Gasteiger partial charge in [0.2, 0.25) is 0 Å². The summed E-state index contributed by atoms with van der Waals surface area (Å²) in [5.41, 5.74) is 3.33. The average Bonchev–Trinajstić information content (AvgIpc) is 2.65. The van der Waals surface area contributed by atoms with E-state index < -0.39 is 0 Å². The highest BCUT2D eigenvalue weighted by Crippen LogP contribution is 2.20. The first-order valence-corrected chi connectivity index (χ1v) is 4.38. The zero-order valence-corrected chi connectivity index (χ0v) is 7.82. The van der Waals surface area contributed by atoms with Gasteiger partial charge in [0.25, 0.3) is 0 Å². The van der Waals surface area contributed by atoms with Gasteiger partial charge in [-0.15, -0.1) is 0 Å². The number of hydrogen-bond donors (Lipinski definition) is 1. The molecule has 0 radical (unpaired) electrons. The van der Waals surface area contributed by atoms with Crippen molar-refractivity contribution in [3.05, 3.63) is 41.6 Å². The van der Waals surface area contributed by atoms with Crippen LogP contribution in [-0.4, -0.2) is 16.5 Å². The van der Waals surface area contributed by atoms with Gasteiger partial charge in [0.05, 0.1) is 5.69 Å². The molecular formula is C11H10N2O. The standard InChI is InChI=1S/C11H10N2O/c1-8-6-11(13-12-8)10-5-3-2-4-9(10)7-14/h2-7H,1H3,(H,12,13). The summed E-state index contributed by atoms with van der Waals surface area (Å²) in [5.74, 6) is 0. The SMILES string of the molecule is Cc1cc(-c2ccccc2C=O)n[nH]1. The van der Waals surface area contributed by atoms with Crippen molar-refractivity contribution in [3.63, 3.8) is 0 Å². The summed E-state index contributed by atoms with van der Waals surface area (Å²) in [6.45, 7) is 1.93. The highest BCUT2D eigenvalue weighted by molar-refractivity contribution is 5.86. The van der Waals surface area contributed by atoms with Crippen LogP contribution in [0.1, 0.15) is 16.1 Å². The first-order chi connectivity index (χ1) is 6.81. The van der Waals surface area contributed by atoms with Crippen LogP contribution < -0.4 is 0 Å². The van der Waals surface area contributed by atoms with Crippen molar-refractivity contribution >= 4 is 6.29 Å². The van der Waals surface area contributed by atoms with Gasteiger partial charge in [-0.05, 0) is 13.0 Å². The van der Waals surface area contributed by atoms with Crippen LogP contribution in [0.2, 0.25) is 0 Å². The van der Waals surface area contributed by atoms with Gasteiger partial charge < -0.3 is 0 Å². The molecule has 70 valence electrons. The number of aromatic nitrogens is 2. The Balaban J connectivity index is 2.55. The van der Waals surface area contributed by atoms with Crippen LogP contribution in [0.4, 0.5) is 0 Å². The van der Waals surface area contributed by atoms with E-state index >= 15 is 0 Å². The number of benzene rings is 1. The Labute approximate surface area is 81.8 Å². The molecule has 14 heavy (non-hydrogen) atoms. The summed E-state index contributed by atoms with van der Waals surface area (Å²) < 4.78 is 0. The Morgan fingerprint density at radius 3 is 2.79 bits per heavy atom. The average molecular weight is 186 g/mol. The lowest BCUT2D eigenvalue weighted by Gasteiger charge is -1.98. The third-order valence-corrected chi connectivity index (χ3v) is 2.07. The fourth-order valence-electron chi connectivity index (χ4n) is 1.39. The molecule has 3 nitrogen and oxygen atoms in total. The largest absolute Gasteiger partial charge is 0.298 e. The van der Waals surface area contributed by atoms with Crippen molar-refractivity contribution in [1.29, 1.82) is 0 Å². The van der Waals surface area contributed by atoms with E-state index in [2.05, 4.69) is 10.2 Å². The van der Waals surface area contributed by atoms with E-state index in [1.807, 2.05) is 31.2 Å².